The average molecular weight is 1150 g/mol. The predicted octanol–water partition coefficient (Wildman–Crippen LogP) is 15.6. The van der Waals surface area contributed by atoms with Crippen LogP contribution in [0.4, 0.5) is 0 Å². The van der Waals surface area contributed by atoms with Gasteiger partial charge in [-0.15, -0.1) is 0 Å². The van der Waals surface area contributed by atoms with E-state index in [2.05, 4.69) is 373 Å². The van der Waals surface area contributed by atoms with Gasteiger partial charge in [0.1, 0.15) is 0 Å². The van der Waals surface area contributed by atoms with Gasteiger partial charge in [-0.25, -0.2) is 0 Å². The first kappa shape index (κ1) is 52.7. The van der Waals surface area contributed by atoms with Crippen LogP contribution in [-0.4, -0.2) is 25.3 Å². The standard InChI is InChI=1S/C84H60N2Si2/c1-8-29-61(30-9-1)64-35-26-44-73(58-64)88(70-40-18-6-19-41-70,71-42-20-7-21-43-71)82-52-28-51-81-84(82)76-46-23-25-48-78(76)86(81)80-50-27-49-79-83(80)75-45-22-24-47-77(75)85(79)67-53-55-72(56-54-67)87(68-36-14-4-15-37-68,69-38-16-5-17-39-69)74-59-65(62-31-10-2-11-32-62)57-66(60-74)63-33-12-3-13-34-63/h1-60H. The first-order valence-electron chi connectivity index (χ1n) is 30.5. The maximum atomic E-state index is 2.57. The zero-order valence-electron chi connectivity index (χ0n) is 48.5. The van der Waals surface area contributed by atoms with Gasteiger partial charge in [-0.1, -0.05) is 315 Å². The van der Waals surface area contributed by atoms with Gasteiger partial charge in [-0.3, -0.25) is 0 Å². The fourth-order valence-corrected chi connectivity index (χ4v) is 24.5. The quantitative estimate of drug-likeness (QED) is 0.0804. The highest BCUT2D eigenvalue weighted by molar-refractivity contribution is 7.21. The molecule has 0 spiro atoms. The summed E-state index contributed by atoms with van der Waals surface area (Å²) in [5.41, 5.74) is 14.2. The topological polar surface area (TPSA) is 9.86 Å². The minimum atomic E-state index is -3.11. The van der Waals surface area contributed by atoms with Gasteiger partial charge in [0.15, 0.2) is 16.1 Å². The first-order valence-corrected chi connectivity index (χ1v) is 34.5. The SMILES string of the molecule is c1ccc(-c2cc(-c3ccccc3)cc([Si](c3ccccc3)(c3ccccc3)c3ccc(-n4c5ccccc5c5c(-n6c7ccccc7c7c([Si](c8ccccc8)(c8ccccc8)c8cccc(-c9ccccc9)c8)cccc76)cccc54)cc3)c2)cc1. The molecule has 88 heavy (non-hydrogen) atoms. The summed E-state index contributed by atoms with van der Waals surface area (Å²) < 4.78 is 5.07. The molecule has 414 valence electrons. The van der Waals surface area contributed by atoms with Crippen LogP contribution in [0, 0.1) is 0 Å². The minimum Gasteiger partial charge on any atom is -0.309 e. The molecule has 0 fully saturated rings. The summed E-state index contributed by atoms with van der Waals surface area (Å²) in [6.45, 7) is 0. The Bertz CT molecular complexity index is 5020. The lowest BCUT2D eigenvalue weighted by Gasteiger charge is -2.35. The molecule has 16 rings (SSSR count). The molecule has 0 amide bonds. The smallest absolute Gasteiger partial charge is 0.180 e. The molecule has 0 saturated heterocycles. The lowest BCUT2D eigenvalue weighted by molar-refractivity contribution is 1.17. The molecule has 2 heterocycles. The zero-order valence-corrected chi connectivity index (χ0v) is 50.5. The number of rotatable bonds is 13. The molecule has 0 aliphatic carbocycles. The molecule has 0 saturated carbocycles. The summed E-state index contributed by atoms with van der Waals surface area (Å²) in [5.74, 6) is 0. The van der Waals surface area contributed by atoms with Crippen molar-refractivity contribution >= 4 is 101 Å². The highest BCUT2D eigenvalue weighted by Gasteiger charge is 2.44. The number of fused-ring (bicyclic) bond motifs is 6. The average Bonchev–Trinajstić information content (AvgIpc) is 1.60. The van der Waals surface area contributed by atoms with Crippen molar-refractivity contribution in [3.63, 3.8) is 0 Å². The molecule has 14 aromatic carbocycles. The van der Waals surface area contributed by atoms with E-state index in [0.29, 0.717) is 0 Å². The summed E-state index contributed by atoms with van der Waals surface area (Å²) in [6, 6.07) is 137. The lowest BCUT2D eigenvalue weighted by Crippen LogP contribution is -2.74. The highest BCUT2D eigenvalue weighted by Crippen LogP contribution is 2.40. The van der Waals surface area contributed by atoms with Crippen LogP contribution in [-0.2, 0) is 0 Å². The molecule has 0 radical (unpaired) electrons. The lowest BCUT2D eigenvalue weighted by atomic mass is 9.99. The number of hydrogen-bond donors (Lipinski definition) is 0. The number of benzene rings is 14. The summed E-state index contributed by atoms with van der Waals surface area (Å²) in [4.78, 5) is 0. The Kier molecular flexibility index (Phi) is 13.3. The Morgan fingerprint density at radius 1 is 0.193 bits per heavy atom. The van der Waals surface area contributed by atoms with Crippen molar-refractivity contribution in [1.29, 1.82) is 0 Å². The molecular formula is C84H60N2Si2. The largest absolute Gasteiger partial charge is 0.309 e. The van der Waals surface area contributed by atoms with Crippen LogP contribution >= 0.6 is 0 Å². The van der Waals surface area contributed by atoms with Gasteiger partial charge in [-0.05, 0) is 123 Å². The van der Waals surface area contributed by atoms with Crippen LogP contribution in [0.25, 0.3) is 88.4 Å². The second-order valence-corrected chi connectivity index (χ2v) is 30.6. The predicted molar refractivity (Wildman–Crippen MR) is 379 cm³/mol. The molecule has 2 aromatic heterocycles. The Balaban J connectivity index is 0.920. The van der Waals surface area contributed by atoms with Gasteiger partial charge in [0.25, 0.3) is 0 Å². The molecular weight excluding hydrogens is 1090 g/mol. The Labute approximate surface area is 515 Å². The van der Waals surface area contributed by atoms with E-state index in [1.807, 2.05) is 0 Å². The summed E-state index contributed by atoms with van der Waals surface area (Å²) >= 11 is 0. The normalized spacial score (nSPS) is 11.9. The van der Waals surface area contributed by atoms with E-state index in [1.165, 1.54) is 107 Å². The molecule has 0 atom stereocenters. The maximum Gasteiger partial charge on any atom is 0.180 e. The van der Waals surface area contributed by atoms with E-state index >= 15 is 0 Å². The van der Waals surface area contributed by atoms with Crippen molar-refractivity contribution in [3.8, 4) is 44.8 Å². The van der Waals surface area contributed by atoms with Crippen LogP contribution in [0.1, 0.15) is 0 Å². The minimum absolute atomic E-state index is 1.11. The van der Waals surface area contributed by atoms with Crippen molar-refractivity contribution in [2.75, 3.05) is 0 Å². The van der Waals surface area contributed by atoms with Crippen molar-refractivity contribution in [2.24, 2.45) is 0 Å². The van der Waals surface area contributed by atoms with Crippen molar-refractivity contribution in [1.82, 2.24) is 9.13 Å². The van der Waals surface area contributed by atoms with Gasteiger partial charge in [0.05, 0.1) is 27.8 Å². The number of nitrogens with zero attached hydrogens (tertiary/aromatic N) is 2. The molecule has 4 heteroatoms. The van der Waals surface area contributed by atoms with Crippen LogP contribution in [0.3, 0.4) is 0 Å². The van der Waals surface area contributed by atoms with E-state index in [9.17, 15) is 0 Å². The third-order valence-electron chi connectivity index (χ3n) is 18.4. The van der Waals surface area contributed by atoms with Gasteiger partial charge < -0.3 is 9.13 Å². The first-order chi connectivity index (χ1) is 43.7. The summed E-state index contributed by atoms with van der Waals surface area (Å²) in [6.07, 6.45) is 0. The Morgan fingerprint density at radius 2 is 0.545 bits per heavy atom. The second-order valence-electron chi connectivity index (χ2n) is 23.1. The summed E-state index contributed by atoms with van der Waals surface area (Å²) in [5, 5.41) is 15.7. The van der Waals surface area contributed by atoms with Crippen molar-refractivity contribution < 1.29 is 0 Å². The molecule has 2 nitrogen and oxygen atoms in total. The van der Waals surface area contributed by atoms with E-state index in [4.69, 9.17) is 0 Å². The monoisotopic (exact) mass is 1150 g/mol. The van der Waals surface area contributed by atoms with Crippen LogP contribution in [0.15, 0.2) is 364 Å². The molecule has 0 aliphatic rings. The Morgan fingerprint density at radius 3 is 1.07 bits per heavy atom. The zero-order chi connectivity index (χ0) is 58.4. The molecule has 16 aromatic rings. The second kappa shape index (κ2) is 22.2. The summed E-state index contributed by atoms with van der Waals surface area (Å²) in [7, 11) is -6.16. The number of para-hydroxylation sites is 2. The van der Waals surface area contributed by atoms with Gasteiger partial charge in [0, 0.05) is 27.2 Å². The van der Waals surface area contributed by atoms with Crippen molar-refractivity contribution in [3.05, 3.63) is 364 Å². The third kappa shape index (κ3) is 8.59. The van der Waals surface area contributed by atoms with Crippen LogP contribution in [0.5, 0.6) is 0 Å². The van der Waals surface area contributed by atoms with Gasteiger partial charge in [0.2, 0.25) is 0 Å². The fourth-order valence-electron chi connectivity index (χ4n) is 14.6. The highest BCUT2D eigenvalue weighted by atomic mass is 28.3. The van der Waals surface area contributed by atoms with E-state index in [1.54, 1.807) is 0 Å². The van der Waals surface area contributed by atoms with E-state index < -0.39 is 16.1 Å². The maximum absolute atomic E-state index is 3.11. The van der Waals surface area contributed by atoms with Crippen LogP contribution in [0.2, 0.25) is 0 Å². The molecule has 0 unspecified atom stereocenters. The molecule has 0 N–H and O–H groups in total. The van der Waals surface area contributed by atoms with Gasteiger partial charge in [-0.2, -0.15) is 0 Å². The number of hydrogen-bond acceptors (Lipinski definition) is 0. The van der Waals surface area contributed by atoms with Crippen molar-refractivity contribution in [2.45, 2.75) is 0 Å². The van der Waals surface area contributed by atoms with Crippen LogP contribution < -0.4 is 41.5 Å². The Hall–Kier alpha value is -10.9. The molecule has 0 bridgehead atoms. The molecule has 0 aliphatic heterocycles. The third-order valence-corrected chi connectivity index (χ3v) is 27.9. The van der Waals surface area contributed by atoms with E-state index in [-0.39, 0.29) is 0 Å². The van der Waals surface area contributed by atoms with E-state index in [0.717, 1.165) is 22.4 Å². The van der Waals surface area contributed by atoms with Gasteiger partial charge >= 0.3 is 0 Å². The number of aromatic nitrogens is 2. The fraction of sp³-hybridized carbons (Fsp3) is 0.